The van der Waals surface area contributed by atoms with Crippen molar-refractivity contribution in [3.05, 3.63) is 42.0 Å². The summed E-state index contributed by atoms with van der Waals surface area (Å²) in [5.74, 6) is 0.888. The number of aromatic nitrogens is 3. The first-order chi connectivity index (χ1) is 10.8. The molecule has 0 saturated heterocycles. The third kappa shape index (κ3) is 7.06. The van der Waals surface area contributed by atoms with Gasteiger partial charge in [0.05, 0.1) is 6.20 Å². The van der Waals surface area contributed by atoms with Crippen molar-refractivity contribution in [1.82, 2.24) is 25.4 Å². The highest BCUT2D eigenvalue weighted by Gasteiger charge is 2.00. The van der Waals surface area contributed by atoms with Crippen LogP contribution in [0.4, 0.5) is 0 Å². The maximum atomic E-state index is 4.62. The predicted molar refractivity (Wildman–Crippen MR) is 105 cm³/mol. The number of hydrogen-bond acceptors (Lipinski definition) is 2. The van der Waals surface area contributed by atoms with Gasteiger partial charge in [-0.25, -0.2) is 0 Å². The minimum Gasteiger partial charge on any atom is -0.357 e. The molecule has 0 unspecified atom stereocenters. The molecule has 128 valence electrons. The van der Waals surface area contributed by atoms with Gasteiger partial charge in [0.15, 0.2) is 5.96 Å². The van der Waals surface area contributed by atoms with Crippen molar-refractivity contribution >= 4 is 29.9 Å². The summed E-state index contributed by atoms with van der Waals surface area (Å²) in [6, 6.07) is 4.08. The Morgan fingerprint density at radius 3 is 2.74 bits per heavy atom. The summed E-state index contributed by atoms with van der Waals surface area (Å²) in [4.78, 5) is 4.62. The molecule has 0 spiro atoms. The molecule has 23 heavy (non-hydrogen) atoms. The first kappa shape index (κ1) is 19.5. The third-order valence-corrected chi connectivity index (χ3v) is 3.48. The van der Waals surface area contributed by atoms with Crippen molar-refractivity contribution in [2.45, 2.75) is 33.2 Å². The van der Waals surface area contributed by atoms with E-state index in [1.807, 2.05) is 18.3 Å². The number of nitrogens with zero attached hydrogens (tertiary/aromatic N) is 3. The molecule has 2 aromatic rings. The van der Waals surface area contributed by atoms with Gasteiger partial charge in [0.2, 0.25) is 0 Å². The normalized spacial score (nSPS) is 11.1. The van der Waals surface area contributed by atoms with Crippen LogP contribution in [0.2, 0.25) is 0 Å². The summed E-state index contributed by atoms with van der Waals surface area (Å²) in [7, 11) is 0. The highest BCUT2D eigenvalue weighted by molar-refractivity contribution is 14.0. The van der Waals surface area contributed by atoms with E-state index in [0.29, 0.717) is 0 Å². The SMILES string of the molecule is CCNC(=NCCCc1cn[nH]c1C)NCCn1cccc1.I. The Hall–Kier alpha value is -1.51. The van der Waals surface area contributed by atoms with Gasteiger partial charge in [-0.2, -0.15) is 5.10 Å². The topological polar surface area (TPSA) is 70.0 Å². The van der Waals surface area contributed by atoms with Crippen LogP contribution in [0.3, 0.4) is 0 Å². The lowest BCUT2D eigenvalue weighted by Gasteiger charge is -2.11. The van der Waals surface area contributed by atoms with Gasteiger partial charge in [-0.15, -0.1) is 24.0 Å². The lowest BCUT2D eigenvalue weighted by molar-refractivity contribution is 0.664. The van der Waals surface area contributed by atoms with Crippen molar-refractivity contribution in [3.63, 3.8) is 0 Å². The lowest BCUT2D eigenvalue weighted by Crippen LogP contribution is -2.38. The van der Waals surface area contributed by atoms with Crippen molar-refractivity contribution in [2.24, 2.45) is 4.99 Å². The molecule has 2 aromatic heterocycles. The zero-order valence-corrected chi connectivity index (χ0v) is 16.2. The fraction of sp³-hybridized carbons (Fsp3) is 0.500. The second-order valence-corrected chi connectivity index (χ2v) is 5.23. The number of aromatic amines is 1. The molecule has 0 aliphatic heterocycles. The number of nitrogens with one attached hydrogen (secondary N) is 3. The molecule has 0 bridgehead atoms. The Morgan fingerprint density at radius 1 is 1.30 bits per heavy atom. The second-order valence-electron chi connectivity index (χ2n) is 5.23. The van der Waals surface area contributed by atoms with Crippen LogP contribution in [-0.4, -0.2) is 40.4 Å². The van der Waals surface area contributed by atoms with E-state index in [2.05, 4.69) is 56.6 Å². The molecule has 3 N–H and O–H groups in total. The largest absolute Gasteiger partial charge is 0.357 e. The predicted octanol–water partition coefficient (Wildman–Crippen LogP) is 2.33. The number of H-pyrrole nitrogens is 1. The highest BCUT2D eigenvalue weighted by Crippen LogP contribution is 2.05. The number of aliphatic imine (C=N–C) groups is 1. The molecule has 0 aliphatic rings. The van der Waals surface area contributed by atoms with E-state index in [0.717, 1.165) is 50.7 Å². The van der Waals surface area contributed by atoms with Crippen LogP contribution in [-0.2, 0) is 13.0 Å². The summed E-state index contributed by atoms with van der Waals surface area (Å²) >= 11 is 0. The molecule has 0 amide bonds. The maximum absolute atomic E-state index is 4.62. The molecule has 0 aromatic carbocycles. The molecule has 7 heteroatoms. The van der Waals surface area contributed by atoms with Crippen LogP contribution >= 0.6 is 24.0 Å². The smallest absolute Gasteiger partial charge is 0.191 e. The van der Waals surface area contributed by atoms with Crippen LogP contribution in [0, 0.1) is 6.92 Å². The van der Waals surface area contributed by atoms with Gasteiger partial charge in [-0.05, 0) is 44.4 Å². The second kappa shape index (κ2) is 11.1. The first-order valence-electron chi connectivity index (χ1n) is 7.91. The van der Waals surface area contributed by atoms with E-state index in [9.17, 15) is 0 Å². The van der Waals surface area contributed by atoms with Crippen molar-refractivity contribution in [3.8, 4) is 0 Å². The Balaban J connectivity index is 0.00000264. The van der Waals surface area contributed by atoms with Crippen molar-refractivity contribution in [2.75, 3.05) is 19.6 Å². The highest BCUT2D eigenvalue weighted by atomic mass is 127. The molecular formula is C16H27IN6. The van der Waals surface area contributed by atoms with Gasteiger partial charge in [0.25, 0.3) is 0 Å². The summed E-state index contributed by atoms with van der Waals surface area (Å²) < 4.78 is 2.15. The summed E-state index contributed by atoms with van der Waals surface area (Å²) in [6.07, 6.45) is 8.07. The fourth-order valence-electron chi connectivity index (χ4n) is 2.25. The zero-order valence-electron chi connectivity index (χ0n) is 13.9. The molecule has 6 nitrogen and oxygen atoms in total. The minimum atomic E-state index is 0. The van der Waals surface area contributed by atoms with Crippen LogP contribution in [0.5, 0.6) is 0 Å². The average molecular weight is 430 g/mol. The number of hydrogen-bond donors (Lipinski definition) is 3. The van der Waals surface area contributed by atoms with Gasteiger partial charge < -0.3 is 15.2 Å². The molecule has 0 aliphatic carbocycles. The molecule has 0 fully saturated rings. The molecular weight excluding hydrogens is 403 g/mol. The van der Waals surface area contributed by atoms with Crippen LogP contribution in [0.15, 0.2) is 35.7 Å². The molecule has 0 radical (unpaired) electrons. The molecule has 2 rings (SSSR count). The van der Waals surface area contributed by atoms with E-state index in [1.54, 1.807) is 0 Å². The monoisotopic (exact) mass is 430 g/mol. The van der Waals surface area contributed by atoms with E-state index in [1.165, 1.54) is 5.56 Å². The first-order valence-corrected chi connectivity index (χ1v) is 7.91. The van der Waals surface area contributed by atoms with Gasteiger partial charge in [-0.3, -0.25) is 10.1 Å². The lowest BCUT2D eigenvalue weighted by atomic mass is 10.1. The van der Waals surface area contributed by atoms with Crippen LogP contribution < -0.4 is 10.6 Å². The van der Waals surface area contributed by atoms with E-state index in [4.69, 9.17) is 0 Å². The van der Waals surface area contributed by atoms with E-state index < -0.39 is 0 Å². The molecule has 0 saturated carbocycles. The summed E-state index contributed by atoms with van der Waals surface area (Å²) in [6.45, 7) is 7.61. The number of halogens is 1. The maximum Gasteiger partial charge on any atom is 0.191 e. The van der Waals surface area contributed by atoms with Crippen LogP contribution in [0.1, 0.15) is 24.6 Å². The van der Waals surface area contributed by atoms with Crippen molar-refractivity contribution in [1.29, 1.82) is 0 Å². The van der Waals surface area contributed by atoms with Crippen molar-refractivity contribution < 1.29 is 0 Å². The van der Waals surface area contributed by atoms with Gasteiger partial charge in [0.1, 0.15) is 0 Å². The summed E-state index contributed by atoms with van der Waals surface area (Å²) in [5, 5.41) is 13.7. The Morgan fingerprint density at radius 2 is 2.09 bits per heavy atom. The van der Waals surface area contributed by atoms with E-state index >= 15 is 0 Å². The zero-order chi connectivity index (χ0) is 15.6. The van der Waals surface area contributed by atoms with E-state index in [-0.39, 0.29) is 24.0 Å². The third-order valence-electron chi connectivity index (χ3n) is 3.48. The molecule has 2 heterocycles. The number of aryl methyl sites for hydroxylation is 2. The Kier molecular flexibility index (Phi) is 9.42. The Labute approximate surface area is 155 Å². The number of rotatable bonds is 8. The number of guanidine groups is 1. The van der Waals surface area contributed by atoms with Gasteiger partial charge in [-0.1, -0.05) is 0 Å². The standard InChI is InChI=1S/C16H26N6.HI/c1-3-17-16(19-9-12-22-10-4-5-11-22)18-8-6-7-15-13-20-21-14(15)2;/h4-5,10-11,13H,3,6-9,12H2,1-2H3,(H,20,21)(H2,17,18,19);1H. The minimum absolute atomic E-state index is 0. The average Bonchev–Trinajstić information content (AvgIpc) is 3.15. The Bertz CT molecular complexity index is 561. The van der Waals surface area contributed by atoms with Crippen LogP contribution in [0.25, 0.3) is 0 Å². The van der Waals surface area contributed by atoms with Gasteiger partial charge in [0, 0.05) is 44.3 Å². The van der Waals surface area contributed by atoms with Gasteiger partial charge >= 0.3 is 0 Å². The quantitative estimate of drug-likeness (QED) is 0.261. The summed E-state index contributed by atoms with van der Waals surface area (Å²) in [5.41, 5.74) is 2.43. The molecule has 0 atom stereocenters. The fourth-order valence-corrected chi connectivity index (χ4v) is 2.25.